The number of anilines is 2. The molecular formula is C14H25N5O. The van der Waals surface area contributed by atoms with E-state index in [9.17, 15) is 0 Å². The van der Waals surface area contributed by atoms with Crippen molar-refractivity contribution in [1.82, 2.24) is 9.97 Å². The number of nitrogens with one attached hydrogen (secondary N) is 2. The van der Waals surface area contributed by atoms with E-state index >= 15 is 0 Å². The topological polar surface area (TPSA) is 85.1 Å². The Morgan fingerprint density at radius 3 is 2.70 bits per heavy atom. The lowest BCUT2D eigenvalue weighted by atomic mass is 9.93. The molecule has 112 valence electrons. The van der Waals surface area contributed by atoms with Gasteiger partial charge in [0.15, 0.2) is 0 Å². The van der Waals surface area contributed by atoms with Crippen molar-refractivity contribution in [3.63, 3.8) is 0 Å². The fourth-order valence-corrected chi connectivity index (χ4v) is 2.70. The monoisotopic (exact) mass is 279 g/mol. The molecule has 6 heteroatoms. The number of ether oxygens (including phenoxy) is 1. The molecule has 0 aliphatic carbocycles. The second-order valence-corrected chi connectivity index (χ2v) is 5.33. The van der Waals surface area contributed by atoms with Gasteiger partial charge < -0.3 is 15.5 Å². The molecule has 0 aromatic carbocycles. The smallest absolute Gasteiger partial charge is 0.148 e. The molecule has 4 N–H and O–H groups in total. The average Bonchev–Trinajstić information content (AvgIpc) is 2.50. The van der Waals surface area contributed by atoms with Gasteiger partial charge in [0, 0.05) is 24.8 Å². The zero-order valence-electron chi connectivity index (χ0n) is 12.4. The molecule has 0 radical (unpaired) electrons. The fraction of sp³-hybridized carbons (Fsp3) is 0.714. The summed E-state index contributed by atoms with van der Waals surface area (Å²) in [4.78, 5) is 8.58. The second-order valence-electron chi connectivity index (χ2n) is 5.33. The summed E-state index contributed by atoms with van der Waals surface area (Å²) < 4.78 is 5.42. The van der Waals surface area contributed by atoms with Crippen LogP contribution in [0.5, 0.6) is 0 Å². The van der Waals surface area contributed by atoms with Crippen LogP contribution in [0.1, 0.15) is 38.7 Å². The van der Waals surface area contributed by atoms with Gasteiger partial charge in [0.2, 0.25) is 0 Å². The van der Waals surface area contributed by atoms with Crippen molar-refractivity contribution in [3.8, 4) is 0 Å². The first-order chi connectivity index (χ1) is 9.76. The summed E-state index contributed by atoms with van der Waals surface area (Å²) in [7, 11) is 0. The molecule has 1 saturated heterocycles. The number of rotatable bonds is 6. The molecule has 1 aromatic heterocycles. The van der Waals surface area contributed by atoms with Crippen LogP contribution in [0, 0.1) is 5.92 Å². The van der Waals surface area contributed by atoms with Crippen molar-refractivity contribution in [1.29, 1.82) is 0 Å². The highest BCUT2D eigenvalue weighted by molar-refractivity contribution is 5.57. The molecule has 1 aromatic rings. The van der Waals surface area contributed by atoms with Crippen molar-refractivity contribution in [2.75, 3.05) is 24.0 Å². The Hall–Kier alpha value is -1.40. The zero-order chi connectivity index (χ0) is 14.4. The fourth-order valence-electron chi connectivity index (χ4n) is 2.70. The van der Waals surface area contributed by atoms with Crippen LogP contribution in [0.2, 0.25) is 0 Å². The first-order valence-electron chi connectivity index (χ1n) is 7.41. The lowest BCUT2D eigenvalue weighted by Crippen LogP contribution is -2.31. The molecule has 20 heavy (non-hydrogen) atoms. The minimum atomic E-state index is 0.370. The Labute approximate surface area is 120 Å². The molecule has 0 spiro atoms. The van der Waals surface area contributed by atoms with Gasteiger partial charge >= 0.3 is 0 Å². The number of aromatic nitrogens is 2. The number of hydrogen-bond acceptors (Lipinski definition) is 6. The van der Waals surface area contributed by atoms with Crippen molar-refractivity contribution in [3.05, 3.63) is 11.9 Å². The van der Waals surface area contributed by atoms with E-state index in [-0.39, 0.29) is 0 Å². The third-order valence-corrected chi connectivity index (χ3v) is 3.92. The van der Waals surface area contributed by atoms with Gasteiger partial charge in [-0.25, -0.2) is 15.8 Å². The largest absolute Gasteiger partial charge is 0.381 e. The van der Waals surface area contributed by atoms with E-state index in [1.807, 2.05) is 0 Å². The number of nitrogens with two attached hydrogens (primary N) is 1. The van der Waals surface area contributed by atoms with Gasteiger partial charge in [0.25, 0.3) is 0 Å². The molecule has 1 aliphatic heterocycles. The summed E-state index contributed by atoms with van der Waals surface area (Å²) in [5.74, 6) is 7.77. The lowest BCUT2D eigenvalue weighted by molar-refractivity contribution is 0.0622. The van der Waals surface area contributed by atoms with Crippen LogP contribution < -0.4 is 16.6 Å². The maximum atomic E-state index is 5.54. The highest BCUT2D eigenvalue weighted by Crippen LogP contribution is 2.25. The van der Waals surface area contributed by atoms with Crippen LogP contribution in [0.4, 0.5) is 11.6 Å². The summed E-state index contributed by atoms with van der Waals surface area (Å²) >= 11 is 0. The minimum Gasteiger partial charge on any atom is -0.381 e. The van der Waals surface area contributed by atoms with Gasteiger partial charge in [0.05, 0.1) is 0 Å². The predicted octanol–water partition coefficient (Wildman–Crippen LogP) is 1.94. The van der Waals surface area contributed by atoms with Gasteiger partial charge in [-0.15, -0.1) is 0 Å². The normalized spacial score (nSPS) is 17.8. The van der Waals surface area contributed by atoms with Crippen LogP contribution in [0.3, 0.4) is 0 Å². The Balaban J connectivity index is 2.10. The van der Waals surface area contributed by atoms with Crippen molar-refractivity contribution >= 4 is 11.6 Å². The van der Waals surface area contributed by atoms with Crippen LogP contribution in [-0.4, -0.2) is 29.2 Å². The zero-order valence-corrected chi connectivity index (χ0v) is 12.4. The van der Waals surface area contributed by atoms with E-state index in [1.54, 1.807) is 6.33 Å². The number of hydrogen-bond donors (Lipinski definition) is 3. The van der Waals surface area contributed by atoms with Crippen molar-refractivity contribution in [2.45, 2.75) is 45.6 Å². The molecule has 2 heterocycles. The second kappa shape index (κ2) is 7.40. The molecule has 0 bridgehead atoms. The molecule has 2 rings (SSSR count). The summed E-state index contributed by atoms with van der Waals surface area (Å²) in [6.45, 7) is 6.07. The van der Waals surface area contributed by atoms with Crippen molar-refractivity contribution in [2.24, 2.45) is 11.8 Å². The average molecular weight is 279 g/mol. The molecule has 1 unspecified atom stereocenters. The molecule has 1 fully saturated rings. The molecule has 0 saturated carbocycles. The van der Waals surface area contributed by atoms with Gasteiger partial charge in [-0.05, 0) is 32.1 Å². The maximum Gasteiger partial charge on any atom is 0.148 e. The molecule has 6 nitrogen and oxygen atoms in total. The number of nitrogen functional groups attached to an aromatic ring is 1. The summed E-state index contributed by atoms with van der Waals surface area (Å²) in [6, 6.07) is 0.370. The van der Waals surface area contributed by atoms with Gasteiger partial charge in [-0.3, -0.25) is 0 Å². The van der Waals surface area contributed by atoms with Gasteiger partial charge in [-0.2, -0.15) is 0 Å². The SMILES string of the molecule is CCCc1c(NN)ncnc1NC(C)C1CCOCC1. The number of hydrazine groups is 1. The predicted molar refractivity (Wildman–Crippen MR) is 80.5 cm³/mol. The highest BCUT2D eigenvalue weighted by Gasteiger charge is 2.22. The Morgan fingerprint density at radius 1 is 1.35 bits per heavy atom. The van der Waals surface area contributed by atoms with Crippen LogP contribution in [0.15, 0.2) is 6.33 Å². The molecule has 1 atom stereocenters. The number of nitrogens with zero attached hydrogens (tertiary/aromatic N) is 2. The first-order valence-corrected chi connectivity index (χ1v) is 7.41. The van der Waals surface area contributed by atoms with E-state index < -0.39 is 0 Å². The van der Waals surface area contributed by atoms with E-state index in [2.05, 4.69) is 34.6 Å². The van der Waals surface area contributed by atoms with E-state index in [4.69, 9.17) is 10.6 Å². The quantitative estimate of drug-likeness (QED) is 0.545. The minimum absolute atomic E-state index is 0.370. The van der Waals surface area contributed by atoms with Gasteiger partial charge in [-0.1, -0.05) is 13.3 Å². The first kappa shape index (κ1) is 15.0. The maximum absolute atomic E-state index is 5.54. The van der Waals surface area contributed by atoms with Crippen LogP contribution in [-0.2, 0) is 11.2 Å². The summed E-state index contributed by atoms with van der Waals surface area (Å²) in [5.41, 5.74) is 3.73. The van der Waals surface area contributed by atoms with E-state index in [0.29, 0.717) is 17.8 Å². The Bertz CT molecular complexity index is 420. The van der Waals surface area contributed by atoms with Crippen LogP contribution in [0.25, 0.3) is 0 Å². The van der Waals surface area contributed by atoms with Crippen LogP contribution >= 0.6 is 0 Å². The van der Waals surface area contributed by atoms with E-state index in [0.717, 1.165) is 50.3 Å². The van der Waals surface area contributed by atoms with Crippen molar-refractivity contribution < 1.29 is 4.74 Å². The Morgan fingerprint density at radius 2 is 2.05 bits per heavy atom. The molecule has 0 amide bonds. The summed E-state index contributed by atoms with van der Waals surface area (Å²) in [5, 5.41) is 3.54. The third kappa shape index (κ3) is 3.58. The highest BCUT2D eigenvalue weighted by atomic mass is 16.5. The molecule has 1 aliphatic rings. The van der Waals surface area contributed by atoms with E-state index in [1.165, 1.54) is 0 Å². The van der Waals surface area contributed by atoms with Gasteiger partial charge in [0.1, 0.15) is 18.0 Å². The summed E-state index contributed by atoms with van der Waals surface area (Å²) in [6.07, 6.45) is 5.69. The molecular weight excluding hydrogens is 254 g/mol. The third-order valence-electron chi connectivity index (χ3n) is 3.92. The standard InChI is InChI=1S/C14H25N5O/c1-3-4-12-13(16-9-17-14(12)19-15)18-10(2)11-5-7-20-8-6-11/h9-11H,3-8,15H2,1-2H3,(H2,16,17,18,19). The lowest BCUT2D eigenvalue weighted by Gasteiger charge is -2.29. The Kier molecular flexibility index (Phi) is 5.55.